The van der Waals surface area contributed by atoms with Crippen LogP contribution < -0.4 is 14.2 Å². The van der Waals surface area contributed by atoms with Crippen molar-refractivity contribution in [1.82, 2.24) is 0 Å². The molecule has 1 aromatic heterocycles. The van der Waals surface area contributed by atoms with Gasteiger partial charge >= 0.3 is 11.9 Å². The number of hydrogen-bond donors (Lipinski definition) is 0. The molecule has 2 aromatic rings. The van der Waals surface area contributed by atoms with Crippen molar-refractivity contribution in [1.29, 1.82) is 0 Å². The average molecular weight is 350 g/mol. The summed E-state index contributed by atoms with van der Waals surface area (Å²) in [5.41, 5.74) is 0.167. The second-order valence-corrected chi connectivity index (χ2v) is 4.74. The number of esters is 2. The van der Waals surface area contributed by atoms with Gasteiger partial charge in [0.1, 0.15) is 23.7 Å². The summed E-state index contributed by atoms with van der Waals surface area (Å²) >= 11 is 0. The van der Waals surface area contributed by atoms with E-state index in [1.165, 1.54) is 52.7 Å². The third-order valence-electron chi connectivity index (χ3n) is 3.32. The van der Waals surface area contributed by atoms with E-state index in [9.17, 15) is 9.59 Å². The van der Waals surface area contributed by atoms with E-state index in [-0.39, 0.29) is 23.7 Å². The molecule has 1 aromatic carbocycles. The van der Waals surface area contributed by atoms with E-state index >= 15 is 0 Å². The number of ether oxygens (including phenoxy) is 5. The Bertz CT molecular complexity index is 762. The van der Waals surface area contributed by atoms with E-state index < -0.39 is 11.9 Å². The fourth-order valence-electron chi connectivity index (χ4n) is 2.07. The van der Waals surface area contributed by atoms with Crippen molar-refractivity contribution in [2.24, 2.45) is 0 Å². The lowest BCUT2D eigenvalue weighted by molar-refractivity contribution is 0.0434. The smallest absolute Gasteiger partial charge is 0.373 e. The minimum atomic E-state index is -0.645. The van der Waals surface area contributed by atoms with Crippen LogP contribution in [-0.4, -0.2) is 40.4 Å². The summed E-state index contributed by atoms with van der Waals surface area (Å²) in [7, 11) is 5.60. The summed E-state index contributed by atoms with van der Waals surface area (Å²) in [6, 6.07) is 5.94. The first-order valence-electron chi connectivity index (χ1n) is 7.18. The molecule has 2 rings (SSSR count). The molecular formula is C17H18O8. The molecule has 0 spiro atoms. The largest absolute Gasteiger partial charge is 0.496 e. The van der Waals surface area contributed by atoms with Gasteiger partial charge in [-0.2, -0.15) is 0 Å². The van der Waals surface area contributed by atoms with Crippen LogP contribution in [0.15, 0.2) is 28.7 Å². The van der Waals surface area contributed by atoms with Crippen LogP contribution in [0.4, 0.5) is 0 Å². The van der Waals surface area contributed by atoms with Crippen molar-refractivity contribution in [3.63, 3.8) is 0 Å². The van der Waals surface area contributed by atoms with Gasteiger partial charge in [-0.3, -0.25) is 0 Å². The normalized spacial score (nSPS) is 10.1. The zero-order valence-electron chi connectivity index (χ0n) is 14.3. The van der Waals surface area contributed by atoms with Gasteiger partial charge in [-0.15, -0.1) is 0 Å². The van der Waals surface area contributed by atoms with Crippen LogP contribution in [0.1, 0.15) is 26.7 Å². The summed E-state index contributed by atoms with van der Waals surface area (Å²) < 4.78 is 30.5. The highest BCUT2D eigenvalue weighted by Gasteiger charge is 2.20. The maximum Gasteiger partial charge on any atom is 0.373 e. The van der Waals surface area contributed by atoms with Crippen molar-refractivity contribution in [3.8, 4) is 17.2 Å². The molecule has 25 heavy (non-hydrogen) atoms. The third kappa shape index (κ3) is 4.03. The summed E-state index contributed by atoms with van der Waals surface area (Å²) in [6.45, 7) is -0.159. The van der Waals surface area contributed by atoms with Crippen molar-refractivity contribution in [2.45, 2.75) is 6.61 Å². The maximum absolute atomic E-state index is 12.3. The molecule has 0 N–H and O–H groups in total. The second-order valence-electron chi connectivity index (χ2n) is 4.74. The molecule has 0 atom stereocenters. The first kappa shape index (κ1) is 18.2. The van der Waals surface area contributed by atoms with Gasteiger partial charge in [-0.25, -0.2) is 9.59 Å². The van der Waals surface area contributed by atoms with Crippen molar-refractivity contribution < 1.29 is 37.7 Å². The van der Waals surface area contributed by atoms with Gasteiger partial charge in [0.05, 0.1) is 28.4 Å². The molecule has 0 saturated carbocycles. The lowest BCUT2D eigenvalue weighted by Crippen LogP contribution is -2.08. The molecule has 0 aliphatic carbocycles. The van der Waals surface area contributed by atoms with Crippen LogP contribution in [0.2, 0.25) is 0 Å². The van der Waals surface area contributed by atoms with Crippen molar-refractivity contribution >= 4 is 11.9 Å². The Balaban J connectivity index is 2.15. The van der Waals surface area contributed by atoms with Crippen molar-refractivity contribution in [3.05, 3.63) is 41.3 Å². The van der Waals surface area contributed by atoms with Gasteiger partial charge in [0.2, 0.25) is 5.76 Å². The van der Waals surface area contributed by atoms with E-state index in [1.54, 1.807) is 0 Å². The Morgan fingerprint density at radius 3 is 2.12 bits per heavy atom. The van der Waals surface area contributed by atoms with Gasteiger partial charge < -0.3 is 28.1 Å². The molecule has 0 radical (unpaired) electrons. The molecule has 0 saturated heterocycles. The fraction of sp³-hybridized carbons (Fsp3) is 0.294. The van der Waals surface area contributed by atoms with Gasteiger partial charge in [0, 0.05) is 12.1 Å². The first-order valence-corrected chi connectivity index (χ1v) is 7.18. The van der Waals surface area contributed by atoms with Gasteiger partial charge in [0.15, 0.2) is 11.5 Å². The van der Waals surface area contributed by atoms with Crippen LogP contribution in [0.25, 0.3) is 0 Å². The molecule has 0 unspecified atom stereocenters. The van der Waals surface area contributed by atoms with Crippen molar-refractivity contribution in [2.75, 3.05) is 28.4 Å². The number of rotatable bonds is 7. The number of carbonyl (C=O) groups is 2. The summed E-state index contributed by atoms with van der Waals surface area (Å²) in [4.78, 5) is 23.7. The topological polar surface area (TPSA) is 93.4 Å². The van der Waals surface area contributed by atoms with Crippen LogP contribution in [-0.2, 0) is 16.1 Å². The minimum Gasteiger partial charge on any atom is -0.496 e. The van der Waals surface area contributed by atoms with Crippen LogP contribution in [0, 0.1) is 0 Å². The Kier molecular flexibility index (Phi) is 5.89. The monoisotopic (exact) mass is 350 g/mol. The molecular weight excluding hydrogens is 332 g/mol. The maximum atomic E-state index is 12.3. The third-order valence-corrected chi connectivity index (χ3v) is 3.32. The number of hydrogen-bond acceptors (Lipinski definition) is 8. The fourth-order valence-corrected chi connectivity index (χ4v) is 2.07. The summed E-state index contributed by atoms with van der Waals surface area (Å²) in [5, 5.41) is 0. The number of carbonyl (C=O) groups excluding carboxylic acids is 2. The van der Waals surface area contributed by atoms with Gasteiger partial charge in [0.25, 0.3) is 0 Å². The predicted molar refractivity (Wildman–Crippen MR) is 85.3 cm³/mol. The molecule has 0 fully saturated rings. The Labute approximate surface area is 144 Å². The molecule has 8 nitrogen and oxygen atoms in total. The quantitative estimate of drug-likeness (QED) is 0.703. The SMILES string of the molecule is COC(=O)c1ccc(COC(=O)c2cc(OC)c(OC)cc2OC)o1. The average Bonchev–Trinajstić information content (AvgIpc) is 3.13. The standard InChI is InChI=1S/C17H18O8/c1-20-13-8-15(22-3)14(21-2)7-11(13)16(18)24-9-10-5-6-12(25-10)17(19)23-4/h5-8H,9H2,1-4H3. The Morgan fingerprint density at radius 1 is 0.880 bits per heavy atom. The number of benzene rings is 1. The molecule has 8 heteroatoms. The van der Waals surface area contributed by atoms with Gasteiger partial charge in [-0.1, -0.05) is 0 Å². The molecule has 0 aliphatic heterocycles. The number of furan rings is 1. The number of methoxy groups -OCH3 is 4. The van der Waals surface area contributed by atoms with E-state index in [4.69, 9.17) is 23.4 Å². The first-order chi connectivity index (χ1) is 12.0. The Hall–Kier alpha value is -3.16. The van der Waals surface area contributed by atoms with Gasteiger partial charge in [-0.05, 0) is 12.1 Å². The molecule has 0 amide bonds. The highest BCUT2D eigenvalue weighted by atomic mass is 16.6. The lowest BCUT2D eigenvalue weighted by atomic mass is 10.1. The van der Waals surface area contributed by atoms with Crippen LogP contribution >= 0.6 is 0 Å². The highest BCUT2D eigenvalue weighted by molar-refractivity contribution is 5.93. The predicted octanol–water partition coefficient (Wildman–Crippen LogP) is 2.45. The van der Waals surface area contributed by atoms with E-state index in [2.05, 4.69) is 4.74 Å². The van der Waals surface area contributed by atoms with Crippen LogP contribution in [0.5, 0.6) is 17.2 Å². The van der Waals surface area contributed by atoms with E-state index in [0.717, 1.165) is 0 Å². The minimum absolute atomic E-state index is 0.0252. The summed E-state index contributed by atoms with van der Waals surface area (Å²) in [5.74, 6) is 0.127. The molecule has 0 aliphatic rings. The molecule has 134 valence electrons. The Morgan fingerprint density at radius 2 is 1.52 bits per heavy atom. The van der Waals surface area contributed by atoms with Crippen LogP contribution in [0.3, 0.4) is 0 Å². The van der Waals surface area contributed by atoms with E-state index in [0.29, 0.717) is 17.3 Å². The lowest BCUT2D eigenvalue weighted by Gasteiger charge is -2.13. The highest BCUT2D eigenvalue weighted by Crippen LogP contribution is 2.35. The van der Waals surface area contributed by atoms with E-state index in [1.807, 2.05) is 0 Å². The summed E-state index contributed by atoms with van der Waals surface area (Å²) in [6.07, 6.45) is 0. The zero-order valence-corrected chi connectivity index (χ0v) is 14.3. The second kappa shape index (κ2) is 8.09. The molecule has 1 heterocycles. The zero-order chi connectivity index (χ0) is 18.4. The molecule has 0 bridgehead atoms.